The van der Waals surface area contributed by atoms with Crippen molar-refractivity contribution in [2.75, 3.05) is 32.1 Å². The molecule has 0 amide bonds. The van der Waals surface area contributed by atoms with E-state index >= 15 is 0 Å². The molecule has 118 valence electrons. The molecule has 3 N–H and O–H groups in total. The average Bonchev–Trinajstić information content (AvgIpc) is 2.37. The first-order valence-electron chi connectivity index (χ1n) is 7.19. The van der Waals surface area contributed by atoms with Crippen molar-refractivity contribution in [2.45, 2.75) is 33.7 Å². The minimum absolute atomic E-state index is 0.102. The summed E-state index contributed by atoms with van der Waals surface area (Å²) < 4.78 is 0. The Kier molecular flexibility index (Phi) is 5.96. The summed E-state index contributed by atoms with van der Waals surface area (Å²) in [5.74, 6) is 0.102. The highest BCUT2D eigenvalue weighted by Crippen LogP contribution is 2.25. The zero-order chi connectivity index (χ0) is 16.2. The molecule has 0 saturated carbocycles. The van der Waals surface area contributed by atoms with Gasteiger partial charge < -0.3 is 20.7 Å². The van der Waals surface area contributed by atoms with Gasteiger partial charge in [-0.1, -0.05) is 5.16 Å². The van der Waals surface area contributed by atoms with Crippen LogP contribution < -0.4 is 10.6 Å². The second-order valence-corrected chi connectivity index (χ2v) is 5.63. The third kappa shape index (κ3) is 4.07. The molecule has 1 rings (SSSR count). The Balaban J connectivity index is 3.37. The monoisotopic (exact) mass is 293 g/mol. The van der Waals surface area contributed by atoms with Crippen LogP contribution in [-0.4, -0.2) is 54.2 Å². The van der Waals surface area contributed by atoms with Crippen LogP contribution in [-0.2, 0) is 0 Å². The number of nitrogens with zero attached hydrogens (tertiary/aromatic N) is 4. The summed E-state index contributed by atoms with van der Waals surface area (Å²) in [6, 6.07) is 2.30. The maximum Gasteiger partial charge on any atom is 0.174 e. The number of amidine groups is 1. The fraction of sp³-hybridized carbons (Fsp3) is 0.600. The Bertz CT molecular complexity index is 513. The minimum atomic E-state index is 0.102. The van der Waals surface area contributed by atoms with Gasteiger partial charge in [-0.15, -0.1) is 0 Å². The van der Waals surface area contributed by atoms with Crippen LogP contribution in [0.3, 0.4) is 0 Å². The van der Waals surface area contributed by atoms with E-state index in [4.69, 9.17) is 10.9 Å². The molecule has 0 aliphatic carbocycles. The molecule has 0 saturated heterocycles. The van der Waals surface area contributed by atoms with Crippen molar-refractivity contribution < 1.29 is 5.21 Å². The van der Waals surface area contributed by atoms with Crippen molar-refractivity contribution in [3.05, 3.63) is 23.0 Å². The molecular formula is C15H27N5O. The van der Waals surface area contributed by atoms with Crippen molar-refractivity contribution in [1.29, 1.82) is 0 Å². The van der Waals surface area contributed by atoms with Crippen LogP contribution in [0.5, 0.6) is 0 Å². The Morgan fingerprint density at radius 1 is 1.43 bits per heavy atom. The second-order valence-electron chi connectivity index (χ2n) is 5.63. The molecule has 1 aromatic rings. The van der Waals surface area contributed by atoms with Crippen LogP contribution in [0.15, 0.2) is 11.2 Å². The van der Waals surface area contributed by atoms with Gasteiger partial charge in [0, 0.05) is 24.8 Å². The molecule has 0 aliphatic rings. The summed E-state index contributed by atoms with van der Waals surface area (Å²) in [7, 11) is 4.11. The van der Waals surface area contributed by atoms with E-state index in [-0.39, 0.29) is 5.84 Å². The van der Waals surface area contributed by atoms with Gasteiger partial charge in [0.15, 0.2) is 5.84 Å². The van der Waals surface area contributed by atoms with Crippen LogP contribution in [0.25, 0.3) is 0 Å². The lowest BCUT2D eigenvalue weighted by Gasteiger charge is -2.34. The number of pyridine rings is 1. The normalized spacial score (nSPS) is 13.6. The third-order valence-electron chi connectivity index (χ3n) is 3.48. The fourth-order valence-corrected chi connectivity index (χ4v) is 2.75. The zero-order valence-electron chi connectivity index (χ0n) is 13.9. The minimum Gasteiger partial charge on any atom is -0.409 e. The van der Waals surface area contributed by atoms with Gasteiger partial charge in [0.1, 0.15) is 0 Å². The summed E-state index contributed by atoms with van der Waals surface area (Å²) in [5, 5.41) is 12.2. The quantitative estimate of drug-likeness (QED) is 0.360. The van der Waals surface area contributed by atoms with Crippen LogP contribution >= 0.6 is 0 Å². The van der Waals surface area contributed by atoms with E-state index in [1.807, 2.05) is 19.9 Å². The average molecular weight is 293 g/mol. The van der Waals surface area contributed by atoms with Crippen molar-refractivity contribution in [2.24, 2.45) is 10.9 Å². The molecule has 0 fully saturated rings. The predicted octanol–water partition coefficient (Wildman–Crippen LogP) is 1.57. The topological polar surface area (TPSA) is 78.0 Å². The first kappa shape index (κ1) is 17.2. The second kappa shape index (κ2) is 7.26. The molecule has 0 spiro atoms. The number of aromatic nitrogens is 1. The molecule has 0 radical (unpaired) electrons. The first-order chi connectivity index (χ1) is 9.81. The zero-order valence-corrected chi connectivity index (χ0v) is 13.9. The van der Waals surface area contributed by atoms with Gasteiger partial charge in [-0.05, 0) is 47.9 Å². The fourth-order valence-electron chi connectivity index (χ4n) is 2.75. The van der Waals surface area contributed by atoms with Crippen molar-refractivity contribution in [1.82, 2.24) is 9.88 Å². The smallest absolute Gasteiger partial charge is 0.174 e. The van der Waals surface area contributed by atoms with E-state index in [1.54, 1.807) is 0 Å². The maximum atomic E-state index is 9.05. The maximum absolute atomic E-state index is 9.05. The molecule has 0 bridgehead atoms. The molecule has 0 aliphatic heterocycles. The predicted molar refractivity (Wildman–Crippen MR) is 87.3 cm³/mol. The van der Waals surface area contributed by atoms with E-state index in [2.05, 4.69) is 47.9 Å². The van der Waals surface area contributed by atoms with E-state index in [9.17, 15) is 0 Å². The highest BCUT2D eigenvalue weighted by molar-refractivity contribution is 6.03. The number of anilines is 1. The molecular weight excluding hydrogens is 266 g/mol. The third-order valence-corrected chi connectivity index (χ3v) is 3.48. The van der Waals surface area contributed by atoms with Crippen LogP contribution in [0, 0.1) is 13.8 Å². The number of likely N-dealkylation sites (N-methyl/N-ethyl adjacent to an activating group) is 2. The summed E-state index contributed by atoms with van der Waals surface area (Å²) in [6.45, 7) is 9.87. The highest BCUT2D eigenvalue weighted by atomic mass is 16.4. The molecule has 1 unspecified atom stereocenters. The number of hydrogen-bond donors (Lipinski definition) is 2. The standard InChI is InChI=1S/C15H27N5O/c1-7-20(11(3)9-19(5)6)13-8-10(2)17-12(4)14(13)15(16)18-21/h8,11,21H,7,9H2,1-6H3,(H2,16,18). The number of nitrogens with two attached hydrogens (primary N) is 1. The number of aryl methyl sites for hydroxylation is 2. The lowest BCUT2D eigenvalue weighted by molar-refractivity contribution is 0.318. The van der Waals surface area contributed by atoms with E-state index in [0.717, 1.165) is 30.2 Å². The summed E-state index contributed by atoms with van der Waals surface area (Å²) >= 11 is 0. The van der Waals surface area contributed by atoms with E-state index in [0.29, 0.717) is 11.6 Å². The molecule has 6 nitrogen and oxygen atoms in total. The lowest BCUT2D eigenvalue weighted by Crippen LogP contribution is -2.41. The lowest BCUT2D eigenvalue weighted by atomic mass is 10.1. The Labute approximate surface area is 127 Å². The highest BCUT2D eigenvalue weighted by Gasteiger charge is 2.21. The van der Waals surface area contributed by atoms with Gasteiger partial charge >= 0.3 is 0 Å². The van der Waals surface area contributed by atoms with Gasteiger partial charge in [0.25, 0.3) is 0 Å². The number of oxime groups is 1. The van der Waals surface area contributed by atoms with Gasteiger partial charge in [-0.2, -0.15) is 0 Å². The van der Waals surface area contributed by atoms with Gasteiger partial charge in [-0.25, -0.2) is 0 Å². The number of hydrogen-bond acceptors (Lipinski definition) is 5. The Morgan fingerprint density at radius 3 is 2.52 bits per heavy atom. The summed E-state index contributed by atoms with van der Waals surface area (Å²) in [4.78, 5) is 8.84. The molecule has 6 heteroatoms. The Morgan fingerprint density at radius 2 is 2.05 bits per heavy atom. The molecule has 0 aromatic carbocycles. The summed E-state index contributed by atoms with van der Waals surface area (Å²) in [5.41, 5.74) is 9.23. The largest absolute Gasteiger partial charge is 0.409 e. The molecule has 1 heterocycles. The van der Waals surface area contributed by atoms with Gasteiger partial charge in [0.05, 0.1) is 16.9 Å². The van der Waals surface area contributed by atoms with Crippen molar-refractivity contribution in [3.63, 3.8) is 0 Å². The van der Waals surface area contributed by atoms with Crippen molar-refractivity contribution >= 4 is 11.5 Å². The van der Waals surface area contributed by atoms with E-state index < -0.39 is 0 Å². The molecule has 1 aromatic heterocycles. The summed E-state index contributed by atoms with van der Waals surface area (Å²) in [6.07, 6.45) is 0. The number of rotatable bonds is 6. The molecule has 21 heavy (non-hydrogen) atoms. The SMILES string of the molecule is CCN(c1cc(C)nc(C)c1/C(N)=N/O)C(C)CN(C)C. The van der Waals surface area contributed by atoms with Crippen LogP contribution in [0.2, 0.25) is 0 Å². The van der Waals surface area contributed by atoms with Gasteiger partial charge in [-0.3, -0.25) is 4.98 Å². The van der Waals surface area contributed by atoms with E-state index in [1.165, 1.54) is 0 Å². The molecule has 1 atom stereocenters. The van der Waals surface area contributed by atoms with Crippen LogP contribution in [0.4, 0.5) is 5.69 Å². The van der Waals surface area contributed by atoms with Crippen LogP contribution in [0.1, 0.15) is 30.8 Å². The first-order valence-corrected chi connectivity index (χ1v) is 7.19. The Hall–Kier alpha value is -1.82. The van der Waals surface area contributed by atoms with Crippen molar-refractivity contribution in [3.8, 4) is 0 Å². The van der Waals surface area contributed by atoms with Gasteiger partial charge in [0.2, 0.25) is 0 Å².